The maximum atomic E-state index is 10.9. The number of pyridine rings is 1. The zero-order valence-electron chi connectivity index (χ0n) is 11.1. The van der Waals surface area contributed by atoms with Gasteiger partial charge in [0.15, 0.2) is 0 Å². The third kappa shape index (κ3) is 3.12. The van der Waals surface area contributed by atoms with E-state index in [0.29, 0.717) is 5.82 Å². The predicted molar refractivity (Wildman–Crippen MR) is 77.0 cm³/mol. The van der Waals surface area contributed by atoms with Crippen molar-refractivity contribution >= 4 is 23.1 Å². The molecule has 0 fully saturated rings. The molecule has 0 bridgehead atoms. The Bertz CT molecular complexity index is 607. The molecule has 0 aromatic carbocycles. The molecule has 0 radical (unpaired) electrons. The van der Waals surface area contributed by atoms with E-state index in [1.165, 1.54) is 27.6 Å². The molecule has 100 valence electrons. The van der Waals surface area contributed by atoms with E-state index in [1.54, 1.807) is 17.4 Å². The Hall–Kier alpha value is -1.88. The number of nitrogens with one attached hydrogen (secondary N) is 1. The van der Waals surface area contributed by atoms with Gasteiger partial charge >= 0.3 is 5.97 Å². The number of thiophene rings is 1. The highest BCUT2D eigenvalue weighted by molar-refractivity contribution is 7.12. The van der Waals surface area contributed by atoms with Gasteiger partial charge in [0.05, 0.1) is 11.6 Å². The van der Waals surface area contributed by atoms with E-state index in [2.05, 4.69) is 30.2 Å². The van der Waals surface area contributed by atoms with Crippen LogP contribution in [0.3, 0.4) is 0 Å². The summed E-state index contributed by atoms with van der Waals surface area (Å²) in [4.78, 5) is 17.6. The Morgan fingerprint density at radius 2 is 2.16 bits per heavy atom. The maximum Gasteiger partial charge on any atom is 0.335 e. The van der Waals surface area contributed by atoms with Gasteiger partial charge in [-0.15, -0.1) is 11.3 Å². The van der Waals surface area contributed by atoms with Gasteiger partial charge in [0.2, 0.25) is 0 Å². The summed E-state index contributed by atoms with van der Waals surface area (Å²) in [5.74, 6) is -0.365. The van der Waals surface area contributed by atoms with Crippen LogP contribution in [-0.4, -0.2) is 16.1 Å². The Morgan fingerprint density at radius 1 is 1.42 bits per heavy atom. The Balaban J connectivity index is 2.19. The van der Waals surface area contributed by atoms with Crippen molar-refractivity contribution in [1.29, 1.82) is 0 Å². The van der Waals surface area contributed by atoms with Gasteiger partial charge in [0, 0.05) is 16.0 Å². The summed E-state index contributed by atoms with van der Waals surface area (Å²) >= 11 is 1.76. The fourth-order valence-electron chi connectivity index (χ4n) is 2.02. The predicted octanol–water partition coefficient (Wildman–Crippen LogP) is 3.63. The molecule has 2 N–H and O–H groups in total. The van der Waals surface area contributed by atoms with Gasteiger partial charge in [-0.05, 0) is 44.5 Å². The van der Waals surface area contributed by atoms with E-state index in [0.717, 1.165) is 0 Å². The van der Waals surface area contributed by atoms with E-state index in [1.807, 2.05) is 6.92 Å². The van der Waals surface area contributed by atoms with Gasteiger partial charge in [-0.2, -0.15) is 0 Å². The van der Waals surface area contributed by atoms with Crippen molar-refractivity contribution in [3.63, 3.8) is 0 Å². The van der Waals surface area contributed by atoms with Crippen LogP contribution in [0.1, 0.15) is 38.6 Å². The normalized spacial score (nSPS) is 12.2. The molecular formula is C14H16N2O2S. The van der Waals surface area contributed by atoms with Crippen LogP contribution in [0.4, 0.5) is 5.82 Å². The fraction of sp³-hybridized carbons (Fsp3) is 0.286. The quantitative estimate of drug-likeness (QED) is 0.895. The van der Waals surface area contributed by atoms with Gasteiger partial charge in [-0.1, -0.05) is 0 Å². The van der Waals surface area contributed by atoms with Gasteiger partial charge < -0.3 is 10.4 Å². The molecule has 0 aliphatic heterocycles. The minimum absolute atomic E-state index is 0.0986. The standard InChI is InChI=1S/C14H16N2O2S/c1-8-6-12(10(3)19-8)9(2)16-13-7-11(14(17)18)4-5-15-13/h4-7,9H,1-3H3,(H,15,16)(H,17,18). The minimum Gasteiger partial charge on any atom is -0.478 e. The van der Waals surface area contributed by atoms with E-state index in [4.69, 9.17) is 5.11 Å². The number of aromatic carboxylic acids is 1. The summed E-state index contributed by atoms with van der Waals surface area (Å²) in [7, 11) is 0. The van der Waals surface area contributed by atoms with Crippen molar-refractivity contribution in [3.8, 4) is 0 Å². The van der Waals surface area contributed by atoms with E-state index in [9.17, 15) is 4.79 Å². The monoisotopic (exact) mass is 276 g/mol. The Kier molecular flexibility index (Phi) is 3.85. The first-order valence-electron chi connectivity index (χ1n) is 6.00. The molecule has 0 spiro atoms. The van der Waals surface area contributed by atoms with Gasteiger partial charge in [0.1, 0.15) is 5.82 Å². The first-order chi connectivity index (χ1) is 8.97. The Labute approximate surface area is 116 Å². The van der Waals surface area contributed by atoms with Gasteiger partial charge in [-0.3, -0.25) is 0 Å². The minimum atomic E-state index is -0.944. The SMILES string of the molecule is Cc1cc(C(C)Nc2cc(C(=O)O)ccn2)c(C)s1. The molecule has 2 aromatic rings. The molecule has 2 heterocycles. The van der Waals surface area contributed by atoms with Crippen molar-refractivity contribution in [3.05, 3.63) is 45.3 Å². The zero-order valence-corrected chi connectivity index (χ0v) is 11.9. The first kappa shape index (κ1) is 13.5. The molecule has 1 atom stereocenters. The van der Waals surface area contributed by atoms with Gasteiger partial charge in [-0.25, -0.2) is 9.78 Å². The summed E-state index contributed by atoms with van der Waals surface area (Å²) in [6, 6.07) is 5.28. The number of anilines is 1. The average molecular weight is 276 g/mol. The second-order valence-electron chi connectivity index (χ2n) is 4.47. The first-order valence-corrected chi connectivity index (χ1v) is 6.82. The second-order valence-corrected chi connectivity index (χ2v) is 5.93. The molecule has 0 amide bonds. The number of carbonyl (C=O) groups is 1. The lowest BCUT2D eigenvalue weighted by molar-refractivity contribution is 0.0697. The molecule has 4 nitrogen and oxygen atoms in total. The molecule has 2 rings (SSSR count). The van der Waals surface area contributed by atoms with Crippen LogP contribution >= 0.6 is 11.3 Å². The molecular weight excluding hydrogens is 260 g/mol. The van der Waals surface area contributed by atoms with Crippen LogP contribution in [0, 0.1) is 13.8 Å². The van der Waals surface area contributed by atoms with Crippen molar-refractivity contribution in [2.24, 2.45) is 0 Å². The van der Waals surface area contributed by atoms with E-state index < -0.39 is 5.97 Å². The highest BCUT2D eigenvalue weighted by Gasteiger charge is 2.12. The van der Waals surface area contributed by atoms with Crippen LogP contribution in [0.5, 0.6) is 0 Å². The summed E-state index contributed by atoms with van der Waals surface area (Å²) in [5, 5.41) is 12.2. The lowest BCUT2D eigenvalue weighted by Crippen LogP contribution is -2.09. The number of aryl methyl sites for hydroxylation is 2. The second kappa shape index (κ2) is 5.40. The molecule has 0 saturated carbocycles. The largest absolute Gasteiger partial charge is 0.478 e. The number of nitrogens with zero attached hydrogens (tertiary/aromatic N) is 1. The summed E-state index contributed by atoms with van der Waals surface area (Å²) < 4.78 is 0. The fourth-order valence-corrected chi connectivity index (χ4v) is 3.04. The Morgan fingerprint density at radius 3 is 2.74 bits per heavy atom. The lowest BCUT2D eigenvalue weighted by atomic mass is 10.1. The van der Waals surface area contributed by atoms with Crippen LogP contribution < -0.4 is 5.32 Å². The van der Waals surface area contributed by atoms with Crippen molar-refractivity contribution in [2.45, 2.75) is 26.8 Å². The molecule has 1 unspecified atom stereocenters. The van der Waals surface area contributed by atoms with Crippen LogP contribution in [0.15, 0.2) is 24.4 Å². The number of carboxylic acid groups (broad SMARTS) is 1. The zero-order chi connectivity index (χ0) is 14.0. The molecule has 2 aromatic heterocycles. The number of aromatic nitrogens is 1. The van der Waals surface area contributed by atoms with Crippen molar-refractivity contribution in [1.82, 2.24) is 4.98 Å². The average Bonchev–Trinajstić information content (AvgIpc) is 2.69. The molecule has 0 aliphatic carbocycles. The highest BCUT2D eigenvalue weighted by atomic mass is 32.1. The number of rotatable bonds is 4. The van der Waals surface area contributed by atoms with Gasteiger partial charge in [0.25, 0.3) is 0 Å². The smallest absolute Gasteiger partial charge is 0.335 e. The van der Waals surface area contributed by atoms with Crippen LogP contribution in [0.2, 0.25) is 0 Å². The lowest BCUT2D eigenvalue weighted by Gasteiger charge is -2.14. The summed E-state index contributed by atoms with van der Waals surface area (Å²) in [5.41, 5.74) is 1.47. The van der Waals surface area contributed by atoms with Crippen LogP contribution in [0.25, 0.3) is 0 Å². The van der Waals surface area contributed by atoms with Crippen molar-refractivity contribution in [2.75, 3.05) is 5.32 Å². The van der Waals surface area contributed by atoms with E-state index in [-0.39, 0.29) is 11.6 Å². The topological polar surface area (TPSA) is 62.2 Å². The molecule has 19 heavy (non-hydrogen) atoms. The summed E-state index contributed by atoms with van der Waals surface area (Å²) in [6.45, 7) is 6.22. The van der Waals surface area contributed by atoms with Crippen molar-refractivity contribution < 1.29 is 9.90 Å². The number of carboxylic acids is 1. The molecule has 0 saturated heterocycles. The van der Waals surface area contributed by atoms with Crippen LogP contribution in [-0.2, 0) is 0 Å². The molecule has 0 aliphatic rings. The van der Waals surface area contributed by atoms with E-state index >= 15 is 0 Å². The maximum absolute atomic E-state index is 10.9. The third-order valence-corrected chi connectivity index (χ3v) is 3.90. The number of hydrogen-bond donors (Lipinski definition) is 2. The number of hydrogen-bond acceptors (Lipinski definition) is 4. The third-order valence-electron chi connectivity index (χ3n) is 2.92. The highest BCUT2D eigenvalue weighted by Crippen LogP contribution is 2.28. The molecule has 5 heteroatoms. The summed E-state index contributed by atoms with van der Waals surface area (Å²) in [6.07, 6.45) is 1.50.